The van der Waals surface area contributed by atoms with Gasteiger partial charge in [0.1, 0.15) is 5.75 Å². The summed E-state index contributed by atoms with van der Waals surface area (Å²) in [7, 11) is 0. The summed E-state index contributed by atoms with van der Waals surface area (Å²) >= 11 is 0. The Morgan fingerprint density at radius 1 is 1.14 bits per heavy atom. The number of hydrogen-bond acceptors (Lipinski definition) is 2. The van der Waals surface area contributed by atoms with Crippen molar-refractivity contribution >= 4 is 0 Å². The van der Waals surface area contributed by atoms with Crippen molar-refractivity contribution in [3.05, 3.63) is 29.8 Å². The van der Waals surface area contributed by atoms with Crippen LogP contribution < -0.4 is 10.1 Å². The van der Waals surface area contributed by atoms with E-state index in [1.807, 2.05) is 6.07 Å². The second-order valence-corrected chi connectivity index (χ2v) is 6.74. The van der Waals surface area contributed by atoms with Crippen LogP contribution in [0.25, 0.3) is 0 Å². The minimum atomic E-state index is 0.238. The van der Waals surface area contributed by atoms with Gasteiger partial charge in [-0.15, -0.1) is 0 Å². The van der Waals surface area contributed by atoms with Crippen LogP contribution in [0.3, 0.4) is 0 Å². The zero-order valence-corrected chi connectivity index (χ0v) is 13.9. The SMILES string of the molecule is CCC1CCC(CNCc2cccc(OC(C)C)c2)CC1. The Labute approximate surface area is 130 Å². The van der Waals surface area contributed by atoms with Crippen LogP contribution in [0, 0.1) is 11.8 Å². The zero-order valence-electron chi connectivity index (χ0n) is 13.9. The number of ether oxygens (including phenoxy) is 1. The molecule has 0 radical (unpaired) electrons. The van der Waals surface area contributed by atoms with Gasteiger partial charge in [-0.05, 0) is 62.8 Å². The molecule has 1 aliphatic rings. The molecule has 0 atom stereocenters. The molecule has 0 heterocycles. The molecule has 118 valence electrons. The van der Waals surface area contributed by atoms with E-state index in [2.05, 4.69) is 44.3 Å². The van der Waals surface area contributed by atoms with Crippen LogP contribution in [-0.2, 0) is 6.54 Å². The lowest BCUT2D eigenvalue weighted by Crippen LogP contribution is -2.26. The molecule has 1 aromatic carbocycles. The first-order valence-corrected chi connectivity index (χ1v) is 8.63. The largest absolute Gasteiger partial charge is 0.491 e. The highest BCUT2D eigenvalue weighted by atomic mass is 16.5. The van der Waals surface area contributed by atoms with Crippen molar-refractivity contribution in [2.45, 2.75) is 65.5 Å². The Morgan fingerprint density at radius 2 is 1.86 bits per heavy atom. The highest BCUT2D eigenvalue weighted by Crippen LogP contribution is 2.30. The second kappa shape index (κ2) is 8.43. The first-order valence-electron chi connectivity index (χ1n) is 8.63. The van der Waals surface area contributed by atoms with Gasteiger partial charge in [-0.1, -0.05) is 38.3 Å². The van der Waals surface area contributed by atoms with Gasteiger partial charge in [-0.3, -0.25) is 0 Å². The van der Waals surface area contributed by atoms with Crippen LogP contribution in [-0.4, -0.2) is 12.6 Å². The van der Waals surface area contributed by atoms with Crippen LogP contribution in [0.4, 0.5) is 0 Å². The summed E-state index contributed by atoms with van der Waals surface area (Å²) in [6, 6.07) is 8.45. The summed E-state index contributed by atoms with van der Waals surface area (Å²) in [5.41, 5.74) is 1.32. The molecule has 0 aliphatic heterocycles. The third-order valence-corrected chi connectivity index (χ3v) is 4.58. The molecule has 0 saturated heterocycles. The number of rotatable bonds is 7. The van der Waals surface area contributed by atoms with Gasteiger partial charge in [0.2, 0.25) is 0 Å². The first-order chi connectivity index (χ1) is 10.2. The lowest BCUT2D eigenvalue weighted by Gasteiger charge is -2.28. The van der Waals surface area contributed by atoms with Gasteiger partial charge in [0.05, 0.1) is 6.10 Å². The molecule has 1 fully saturated rings. The molecule has 0 bridgehead atoms. The van der Waals surface area contributed by atoms with Crippen LogP contribution >= 0.6 is 0 Å². The fraction of sp³-hybridized carbons (Fsp3) is 0.684. The van der Waals surface area contributed by atoms with Gasteiger partial charge in [-0.25, -0.2) is 0 Å². The summed E-state index contributed by atoms with van der Waals surface area (Å²) in [5, 5.41) is 3.63. The van der Waals surface area contributed by atoms with E-state index < -0.39 is 0 Å². The van der Waals surface area contributed by atoms with Crippen molar-refractivity contribution < 1.29 is 4.74 Å². The van der Waals surface area contributed by atoms with Gasteiger partial charge in [0.25, 0.3) is 0 Å². The molecule has 1 aliphatic carbocycles. The van der Waals surface area contributed by atoms with E-state index in [9.17, 15) is 0 Å². The van der Waals surface area contributed by atoms with Crippen molar-refractivity contribution in [3.8, 4) is 5.75 Å². The summed E-state index contributed by atoms with van der Waals surface area (Å²) in [5.74, 6) is 2.85. The lowest BCUT2D eigenvalue weighted by atomic mass is 9.81. The molecule has 2 nitrogen and oxygen atoms in total. The maximum Gasteiger partial charge on any atom is 0.120 e. The molecule has 1 aromatic rings. The van der Waals surface area contributed by atoms with E-state index >= 15 is 0 Å². The van der Waals surface area contributed by atoms with Crippen LogP contribution in [0.5, 0.6) is 5.75 Å². The van der Waals surface area contributed by atoms with Crippen LogP contribution in [0.1, 0.15) is 58.4 Å². The minimum absolute atomic E-state index is 0.238. The van der Waals surface area contributed by atoms with E-state index in [4.69, 9.17) is 4.74 Å². The monoisotopic (exact) mass is 289 g/mol. The normalized spacial score (nSPS) is 22.5. The minimum Gasteiger partial charge on any atom is -0.491 e. The quantitative estimate of drug-likeness (QED) is 0.780. The van der Waals surface area contributed by atoms with E-state index in [0.29, 0.717) is 0 Å². The Morgan fingerprint density at radius 3 is 2.52 bits per heavy atom. The van der Waals surface area contributed by atoms with Crippen molar-refractivity contribution in [1.82, 2.24) is 5.32 Å². The summed E-state index contributed by atoms with van der Waals surface area (Å²) in [6.45, 7) is 8.57. The van der Waals surface area contributed by atoms with E-state index in [1.54, 1.807) is 0 Å². The zero-order chi connectivity index (χ0) is 15.1. The Bertz CT molecular complexity index is 408. The molecule has 0 spiro atoms. The van der Waals surface area contributed by atoms with Gasteiger partial charge in [-0.2, -0.15) is 0 Å². The third kappa shape index (κ3) is 5.70. The van der Waals surface area contributed by atoms with Crippen LogP contribution in [0.2, 0.25) is 0 Å². The molecule has 2 rings (SSSR count). The molecule has 0 aromatic heterocycles. The lowest BCUT2D eigenvalue weighted by molar-refractivity contribution is 0.242. The summed E-state index contributed by atoms with van der Waals surface area (Å²) in [6.07, 6.45) is 7.27. The Kier molecular flexibility index (Phi) is 6.56. The number of hydrogen-bond donors (Lipinski definition) is 1. The maximum atomic E-state index is 5.75. The molecule has 0 unspecified atom stereocenters. The molecule has 1 saturated carbocycles. The van der Waals surface area contributed by atoms with Gasteiger partial charge in [0, 0.05) is 6.54 Å². The molecular weight excluding hydrogens is 258 g/mol. The smallest absolute Gasteiger partial charge is 0.120 e. The molecule has 2 heteroatoms. The molecule has 21 heavy (non-hydrogen) atoms. The van der Waals surface area contributed by atoms with E-state index in [-0.39, 0.29) is 6.10 Å². The van der Waals surface area contributed by atoms with Gasteiger partial charge in [0.15, 0.2) is 0 Å². The van der Waals surface area contributed by atoms with Crippen molar-refractivity contribution in [2.24, 2.45) is 11.8 Å². The van der Waals surface area contributed by atoms with Crippen molar-refractivity contribution in [3.63, 3.8) is 0 Å². The second-order valence-electron chi connectivity index (χ2n) is 6.74. The van der Waals surface area contributed by atoms with Crippen molar-refractivity contribution in [2.75, 3.05) is 6.54 Å². The molecular formula is C19H31NO. The van der Waals surface area contributed by atoms with E-state index in [0.717, 1.165) is 30.7 Å². The fourth-order valence-corrected chi connectivity index (χ4v) is 3.27. The predicted molar refractivity (Wildman–Crippen MR) is 89.7 cm³/mol. The highest BCUT2D eigenvalue weighted by Gasteiger charge is 2.19. The standard InChI is InChI=1S/C19H31NO/c1-4-16-8-10-17(11-9-16)13-20-14-18-6-5-7-19(12-18)21-15(2)3/h5-7,12,15-17,20H,4,8-11,13-14H2,1-3H3. The van der Waals surface area contributed by atoms with Gasteiger partial charge >= 0.3 is 0 Å². The molecule has 1 N–H and O–H groups in total. The van der Waals surface area contributed by atoms with Crippen LogP contribution in [0.15, 0.2) is 24.3 Å². The fourth-order valence-electron chi connectivity index (χ4n) is 3.27. The van der Waals surface area contributed by atoms with Gasteiger partial charge < -0.3 is 10.1 Å². The Balaban J connectivity index is 1.71. The molecule has 0 amide bonds. The third-order valence-electron chi connectivity index (χ3n) is 4.58. The highest BCUT2D eigenvalue weighted by molar-refractivity contribution is 5.28. The topological polar surface area (TPSA) is 21.3 Å². The first kappa shape index (κ1) is 16.4. The predicted octanol–water partition coefficient (Wildman–Crippen LogP) is 4.78. The Hall–Kier alpha value is -1.02. The summed E-state index contributed by atoms with van der Waals surface area (Å²) < 4.78 is 5.75. The maximum absolute atomic E-state index is 5.75. The summed E-state index contributed by atoms with van der Waals surface area (Å²) in [4.78, 5) is 0. The van der Waals surface area contributed by atoms with Crippen molar-refractivity contribution in [1.29, 1.82) is 0 Å². The average Bonchev–Trinajstić information content (AvgIpc) is 2.48. The van der Waals surface area contributed by atoms with E-state index in [1.165, 1.54) is 37.7 Å². The number of benzene rings is 1. The number of nitrogens with one attached hydrogen (secondary N) is 1. The average molecular weight is 289 g/mol.